The van der Waals surface area contributed by atoms with Crippen LogP contribution in [0.5, 0.6) is 0 Å². The van der Waals surface area contributed by atoms with Crippen molar-refractivity contribution in [1.29, 1.82) is 0 Å². The topological polar surface area (TPSA) is 109 Å². The van der Waals surface area contributed by atoms with Gasteiger partial charge in [-0.05, 0) is 25.1 Å². The maximum atomic E-state index is 11.9. The number of Topliss-reactive ketones (excluding diaryl/α,β-unsaturated/α-hetero) is 1. The van der Waals surface area contributed by atoms with Gasteiger partial charge in [0.25, 0.3) is 0 Å². The first kappa shape index (κ1) is 16.7. The van der Waals surface area contributed by atoms with Gasteiger partial charge in [0.2, 0.25) is 5.78 Å². The van der Waals surface area contributed by atoms with Crippen LogP contribution in [0.3, 0.4) is 0 Å². The molecule has 0 unspecified atom stereocenters. The molecule has 2 N–H and O–H groups in total. The molecule has 0 atom stereocenters. The van der Waals surface area contributed by atoms with Crippen LogP contribution in [-0.2, 0) is 0 Å². The summed E-state index contributed by atoms with van der Waals surface area (Å²) in [6.07, 6.45) is 3.68. The van der Waals surface area contributed by atoms with Crippen LogP contribution >= 0.6 is 11.8 Å². The predicted molar refractivity (Wildman–Crippen MR) is 90.6 cm³/mol. The zero-order chi connectivity index (χ0) is 17.8. The number of furan rings is 1. The molecular weight excluding hydrogens is 342 g/mol. The number of aromatic nitrogens is 3. The molecule has 3 rings (SSSR count). The minimum atomic E-state index is -0.502. The number of nitrogens with one attached hydrogen (secondary N) is 1. The molecule has 0 aliphatic heterocycles. The number of aliphatic hydroxyl groups excluding tert-OH is 1. The summed E-state index contributed by atoms with van der Waals surface area (Å²) in [7, 11) is 0. The predicted octanol–water partition coefficient (Wildman–Crippen LogP) is 3.53. The maximum absolute atomic E-state index is 11.9. The Bertz CT molecular complexity index is 927. The molecule has 0 saturated heterocycles. The van der Waals surface area contributed by atoms with Gasteiger partial charge in [-0.1, -0.05) is 23.9 Å². The van der Waals surface area contributed by atoms with Crippen molar-refractivity contribution in [2.75, 3.05) is 0 Å². The highest BCUT2D eigenvalue weighted by Crippen LogP contribution is 2.34. The van der Waals surface area contributed by atoms with Crippen molar-refractivity contribution in [2.24, 2.45) is 0 Å². The molecule has 1 aromatic carbocycles. The zero-order valence-corrected chi connectivity index (χ0v) is 13.9. The number of carbonyl (C=O) groups excluding carboxylic acids is 2. The first-order chi connectivity index (χ1) is 12.0. The van der Waals surface area contributed by atoms with E-state index in [9.17, 15) is 14.7 Å². The highest BCUT2D eigenvalue weighted by Gasteiger charge is 2.15. The Labute approximate surface area is 146 Å². The second kappa shape index (κ2) is 7.18. The van der Waals surface area contributed by atoms with E-state index in [1.165, 1.54) is 31.3 Å². The average molecular weight is 355 g/mol. The van der Waals surface area contributed by atoms with Crippen LogP contribution < -0.4 is 0 Å². The fourth-order valence-electron chi connectivity index (χ4n) is 2.02. The van der Waals surface area contributed by atoms with Crippen LogP contribution in [0.15, 0.2) is 63.4 Å². The smallest absolute Gasteiger partial charge is 0.226 e. The largest absolute Gasteiger partial charge is 0.507 e. The van der Waals surface area contributed by atoms with Crippen molar-refractivity contribution in [3.63, 3.8) is 0 Å². The van der Waals surface area contributed by atoms with Crippen LogP contribution in [0.25, 0.3) is 5.76 Å². The summed E-state index contributed by atoms with van der Waals surface area (Å²) in [6.45, 7) is 1.50. The van der Waals surface area contributed by atoms with E-state index in [0.29, 0.717) is 16.2 Å². The first-order valence-corrected chi connectivity index (χ1v) is 8.03. The van der Waals surface area contributed by atoms with E-state index in [1.807, 2.05) is 0 Å². The minimum absolute atomic E-state index is 0.0123. The van der Waals surface area contributed by atoms with Crippen LogP contribution in [0.4, 0.5) is 0 Å². The molecule has 0 saturated carbocycles. The quantitative estimate of drug-likeness (QED) is 0.395. The average Bonchev–Trinajstić information content (AvgIpc) is 3.27. The van der Waals surface area contributed by atoms with E-state index >= 15 is 0 Å². The monoisotopic (exact) mass is 355 g/mol. The summed E-state index contributed by atoms with van der Waals surface area (Å²) < 4.78 is 5.39. The van der Waals surface area contributed by atoms with Gasteiger partial charge in [-0.15, -0.1) is 0 Å². The van der Waals surface area contributed by atoms with Gasteiger partial charge in [-0.25, -0.2) is 4.98 Å². The highest BCUT2D eigenvalue weighted by atomic mass is 32.2. The third-order valence-corrected chi connectivity index (χ3v) is 4.30. The number of benzene rings is 1. The number of aromatic amines is 1. The Morgan fingerprint density at radius 1 is 1.24 bits per heavy atom. The van der Waals surface area contributed by atoms with Gasteiger partial charge in [0, 0.05) is 16.5 Å². The number of nitrogens with zero attached hydrogens (tertiary/aromatic N) is 2. The van der Waals surface area contributed by atoms with Gasteiger partial charge in [-0.3, -0.25) is 14.7 Å². The molecule has 0 radical (unpaired) electrons. The van der Waals surface area contributed by atoms with E-state index in [-0.39, 0.29) is 17.4 Å². The standard InChI is InChI=1S/C17H13N3O4S/c1-10(21)11-2-4-12(5-3-11)25-17-13(6-7-24-17)14(22)8-15(23)16-18-9-19-20-16/h2-9,22H,1H3,(H,18,19,20). The molecule has 2 heterocycles. The van der Waals surface area contributed by atoms with Crippen molar-refractivity contribution in [3.8, 4) is 0 Å². The van der Waals surface area contributed by atoms with Crippen molar-refractivity contribution >= 4 is 29.1 Å². The molecule has 126 valence electrons. The summed E-state index contributed by atoms with van der Waals surface area (Å²) in [6, 6.07) is 8.57. The van der Waals surface area contributed by atoms with Gasteiger partial charge >= 0.3 is 0 Å². The molecular formula is C17H13N3O4S. The Morgan fingerprint density at radius 3 is 2.64 bits per heavy atom. The fourth-order valence-corrected chi connectivity index (χ4v) is 2.90. The number of allylic oxidation sites excluding steroid dienone is 1. The van der Waals surface area contributed by atoms with E-state index in [4.69, 9.17) is 4.42 Å². The van der Waals surface area contributed by atoms with E-state index in [1.54, 1.807) is 30.3 Å². The second-order valence-corrected chi connectivity index (χ2v) is 6.08. The van der Waals surface area contributed by atoms with Gasteiger partial charge in [0.15, 0.2) is 16.7 Å². The summed E-state index contributed by atoms with van der Waals surface area (Å²) in [5, 5.41) is 16.7. The highest BCUT2D eigenvalue weighted by molar-refractivity contribution is 7.99. The van der Waals surface area contributed by atoms with Crippen molar-refractivity contribution in [2.45, 2.75) is 16.9 Å². The van der Waals surface area contributed by atoms with Crippen LogP contribution in [0.1, 0.15) is 33.5 Å². The van der Waals surface area contributed by atoms with Crippen molar-refractivity contribution < 1.29 is 19.1 Å². The van der Waals surface area contributed by atoms with Gasteiger partial charge < -0.3 is 9.52 Å². The molecule has 25 heavy (non-hydrogen) atoms. The molecule has 0 fully saturated rings. The molecule has 3 aromatic rings. The molecule has 0 bridgehead atoms. The maximum Gasteiger partial charge on any atom is 0.226 e. The Kier molecular flexibility index (Phi) is 4.80. The van der Waals surface area contributed by atoms with Crippen LogP contribution in [-0.4, -0.2) is 31.9 Å². The molecule has 2 aromatic heterocycles. The van der Waals surface area contributed by atoms with E-state index in [2.05, 4.69) is 15.2 Å². The van der Waals surface area contributed by atoms with E-state index in [0.717, 1.165) is 11.0 Å². The number of aliphatic hydroxyl groups is 1. The molecule has 0 spiro atoms. The third kappa shape index (κ3) is 3.86. The van der Waals surface area contributed by atoms with Crippen molar-refractivity contribution in [1.82, 2.24) is 15.2 Å². The number of ketones is 2. The summed E-state index contributed by atoms with van der Waals surface area (Å²) in [4.78, 5) is 27.8. The summed E-state index contributed by atoms with van der Waals surface area (Å²) in [5.41, 5.74) is 0.998. The normalized spacial score (nSPS) is 11.5. The molecule has 0 amide bonds. The van der Waals surface area contributed by atoms with E-state index < -0.39 is 5.78 Å². The van der Waals surface area contributed by atoms with Gasteiger partial charge in [0.1, 0.15) is 12.1 Å². The number of hydrogen-bond donors (Lipinski definition) is 2. The van der Waals surface area contributed by atoms with Gasteiger partial charge in [0.05, 0.1) is 11.8 Å². The Hall–Kier alpha value is -3.13. The molecule has 0 aliphatic rings. The lowest BCUT2D eigenvalue weighted by Gasteiger charge is -2.03. The summed E-state index contributed by atoms with van der Waals surface area (Å²) >= 11 is 1.27. The minimum Gasteiger partial charge on any atom is -0.507 e. The lowest BCUT2D eigenvalue weighted by atomic mass is 10.2. The zero-order valence-electron chi connectivity index (χ0n) is 13.1. The second-order valence-electron chi connectivity index (χ2n) is 5.03. The van der Waals surface area contributed by atoms with Crippen LogP contribution in [0, 0.1) is 0 Å². The fraction of sp³-hybridized carbons (Fsp3) is 0.0588. The van der Waals surface area contributed by atoms with Crippen LogP contribution in [0.2, 0.25) is 0 Å². The Morgan fingerprint density at radius 2 is 2.00 bits per heavy atom. The Balaban J connectivity index is 1.80. The SMILES string of the molecule is CC(=O)c1ccc(Sc2occc2C(O)=CC(=O)c2ncn[nH]2)cc1. The number of rotatable bonds is 6. The first-order valence-electron chi connectivity index (χ1n) is 7.21. The molecule has 0 aliphatic carbocycles. The van der Waals surface area contributed by atoms with Gasteiger partial charge in [-0.2, -0.15) is 5.10 Å². The number of H-pyrrole nitrogens is 1. The number of hydrogen-bond acceptors (Lipinski definition) is 7. The molecule has 7 nitrogen and oxygen atoms in total. The third-order valence-electron chi connectivity index (χ3n) is 3.29. The lowest BCUT2D eigenvalue weighted by Crippen LogP contribution is -1.99. The molecule has 8 heteroatoms. The number of carbonyl (C=O) groups is 2. The summed E-state index contributed by atoms with van der Waals surface area (Å²) in [5.74, 6) is -0.721. The van der Waals surface area contributed by atoms with Crippen molar-refractivity contribution in [3.05, 3.63) is 65.9 Å². The lowest BCUT2D eigenvalue weighted by molar-refractivity contribution is 0.101.